The van der Waals surface area contributed by atoms with Crippen LogP contribution in [0.2, 0.25) is 0 Å². The summed E-state index contributed by atoms with van der Waals surface area (Å²) in [4.78, 5) is 2.36. The fraction of sp³-hybridized carbons (Fsp3) is 0.500. The minimum atomic E-state index is 0.289. The van der Waals surface area contributed by atoms with Gasteiger partial charge in [0.2, 0.25) is 0 Å². The summed E-state index contributed by atoms with van der Waals surface area (Å²) in [6, 6.07) is 11.4. The van der Waals surface area contributed by atoms with Gasteiger partial charge in [-0.1, -0.05) is 30.3 Å². The summed E-state index contributed by atoms with van der Waals surface area (Å²) >= 11 is 0. The van der Waals surface area contributed by atoms with Crippen LogP contribution >= 0.6 is 0 Å². The first-order valence-corrected chi connectivity index (χ1v) is 5.22. The molecule has 2 rings (SSSR count). The zero-order valence-electron chi connectivity index (χ0n) is 8.56. The minimum Gasteiger partial charge on any atom is -0.395 e. The number of hydrogen-bond acceptors (Lipinski definition) is 2. The molecule has 1 aromatic carbocycles. The van der Waals surface area contributed by atoms with Crippen LogP contribution in [0.3, 0.4) is 0 Å². The van der Waals surface area contributed by atoms with Gasteiger partial charge in [-0.3, -0.25) is 4.90 Å². The van der Waals surface area contributed by atoms with Crippen LogP contribution in [-0.4, -0.2) is 28.7 Å². The number of nitrogens with zero attached hydrogens (tertiary/aromatic N) is 1. The molecule has 0 radical (unpaired) electrons. The van der Waals surface area contributed by atoms with E-state index in [0.29, 0.717) is 12.1 Å². The van der Waals surface area contributed by atoms with E-state index in [2.05, 4.69) is 36.1 Å². The first-order valence-electron chi connectivity index (χ1n) is 5.22. The lowest BCUT2D eigenvalue weighted by Gasteiger charge is -2.46. The third-order valence-corrected chi connectivity index (χ3v) is 3.07. The average molecular weight is 191 g/mol. The highest BCUT2D eigenvalue weighted by Crippen LogP contribution is 2.26. The molecular weight excluding hydrogens is 174 g/mol. The lowest BCUT2D eigenvalue weighted by molar-refractivity contribution is -0.0149. The molecule has 14 heavy (non-hydrogen) atoms. The van der Waals surface area contributed by atoms with Crippen LogP contribution < -0.4 is 0 Å². The second-order valence-electron chi connectivity index (χ2n) is 4.08. The van der Waals surface area contributed by atoms with Crippen LogP contribution in [0.5, 0.6) is 0 Å². The fourth-order valence-corrected chi connectivity index (χ4v) is 2.15. The second kappa shape index (κ2) is 4.11. The number of hydrogen-bond donors (Lipinski definition) is 1. The van der Waals surface area contributed by atoms with E-state index in [-0.39, 0.29) is 6.61 Å². The predicted octanol–water partition coefficient (Wildman–Crippen LogP) is 1.64. The number of benzene rings is 1. The molecule has 0 unspecified atom stereocenters. The van der Waals surface area contributed by atoms with E-state index in [9.17, 15) is 0 Å². The van der Waals surface area contributed by atoms with Crippen molar-refractivity contribution in [3.8, 4) is 0 Å². The Morgan fingerprint density at radius 1 is 1.36 bits per heavy atom. The topological polar surface area (TPSA) is 23.5 Å². The highest BCUT2D eigenvalue weighted by molar-refractivity contribution is 5.15. The van der Waals surface area contributed by atoms with Gasteiger partial charge in [-0.2, -0.15) is 0 Å². The van der Waals surface area contributed by atoms with Crippen molar-refractivity contribution >= 4 is 0 Å². The molecule has 0 aliphatic carbocycles. The summed E-state index contributed by atoms with van der Waals surface area (Å²) < 4.78 is 0. The largest absolute Gasteiger partial charge is 0.395 e. The SMILES string of the molecule is C[C@@H]1C[C@H](CO)N1Cc1ccccc1. The maximum atomic E-state index is 9.11. The Kier molecular flexibility index (Phi) is 2.85. The van der Waals surface area contributed by atoms with Gasteiger partial charge in [0, 0.05) is 18.6 Å². The number of rotatable bonds is 3. The number of likely N-dealkylation sites (tertiary alicyclic amines) is 1. The van der Waals surface area contributed by atoms with Gasteiger partial charge in [-0.15, -0.1) is 0 Å². The van der Waals surface area contributed by atoms with Gasteiger partial charge >= 0.3 is 0 Å². The Morgan fingerprint density at radius 3 is 2.64 bits per heavy atom. The monoisotopic (exact) mass is 191 g/mol. The Labute approximate surface area is 85.2 Å². The molecule has 0 spiro atoms. The van der Waals surface area contributed by atoms with Crippen molar-refractivity contribution < 1.29 is 5.11 Å². The van der Waals surface area contributed by atoms with E-state index in [1.807, 2.05) is 6.07 Å². The summed E-state index contributed by atoms with van der Waals surface area (Å²) in [7, 11) is 0. The van der Waals surface area contributed by atoms with Gasteiger partial charge in [-0.05, 0) is 18.9 Å². The molecule has 0 aromatic heterocycles. The third-order valence-electron chi connectivity index (χ3n) is 3.07. The van der Waals surface area contributed by atoms with Crippen molar-refractivity contribution in [2.24, 2.45) is 0 Å². The van der Waals surface area contributed by atoms with E-state index >= 15 is 0 Å². The van der Waals surface area contributed by atoms with Crippen molar-refractivity contribution in [2.45, 2.75) is 32.0 Å². The van der Waals surface area contributed by atoms with Crippen LogP contribution in [0, 0.1) is 0 Å². The molecule has 76 valence electrons. The Bertz CT molecular complexity index is 286. The lowest BCUT2D eigenvalue weighted by Crippen LogP contribution is -2.55. The lowest BCUT2D eigenvalue weighted by atomic mass is 9.94. The third kappa shape index (κ3) is 1.81. The zero-order valence-corrected chi connectivity index (χ0v) is 8.56. The quantitative estimate of drug-likeness (QED) is 0.785. The molecule has 1 aliphatic heterocycles. The van der Waals surface area contributed by atoms with Crippen LogP contribution in [0.1, 0.15) is 18.9 Å². The van der Waals surface area contributed by atoms with Crippen molar-refractivity contribution in [3.63, 3.8) is 0 Å². The summed E-state index contributed by atoms with van der Waals surface area (Å²) in [5, 5.41) is 9.11. The summed E-state index contributed by atoms with van der Waals surface area (Å²) in [5.41, 5.74) is 1.33. The smallest absolute Gasteiger partial charge is 0.0587 e. The van der Waals surface area contributed by atoms with Crippen molar-refractivity contribution in [3.05, 3.63) is 35.9 Å². The van der Waals surface area contributed by atoms with Gasteiger partial charge in [-0.25, -0.2) is 0 Å². The molecule has 0 saturated carbocycles. The molecule has 2 atom stereocenters. The van der Waals surface area contributed by atoms with Crippen LogP contribution in [0.15, 0.2) is 30.3 Å². The number of aliphatic hydroxyl groups is 1. The highest BCUT2D eigenvalue weighted by Gasteiger charge is 2.33. The minimum absolute atomic E-state index is 0.289. The van der Waals surface area contributed by atoms with Gasteiger partial charge in [0.05, 0.1) is 6.61 Å². The highest BCUT2D eigenvalue weighted by atomic mass is 16.3. The van der Waals surface area contributed by atoms with E-state index < -0.39 is 0 Å². The Balaban J connectivity index is 1.97. The molecule has 0 bridgehead atoms. The predicted molar refractivity (Wildman–Crippen MR) is 56.9 cm³/mol. The van der Waals surface area contributed by atoms with Crippen molar-refractivity contribution in [1.82, 2.24) is 4.90 Å². The zero-order chi connectivity index (χ0) is 9.97. The molecule has 1 heterocycles. The Morgan fingerprint density at radius 2 is 2.07 bits per heavy atom. The fourth-order valence-electron chi connectivity index (χ4n) is 2.15. The molecule has 1 saturated heterocycles. The second-order valence-corrected chi connectivity index (χ2v) is 4.08. The molecule has 1 aliphatic rings. The van der Waals surface area contributed by atoms with Crippen molar-refractivity contribution in [2.75, 3.05) is 6.61 Å². The van der Waals surface area contributed by atoms with Gasteiger partial charge in [0.25, 0.3) is 0 Å². The summed E-state index contributed by atoms with van der Waals surface area (Å²) in [5.74, 6) is 0. The van der Waals surface area contributed by atoms with E-state index in [4.69, 9.17) is 5.11 Å². The summed E-state index contributed by atoms with van der Waals surface area (Å²) in [6.07, 6.45) is 1.13. The summed E-state index contributed by atoms with van der Waals surface area (Å²) in [6.45, 7) is 3.47. The van der Waals surface area contributed by atoms with Gasteiger partial charge in [0.1, 0.15) is 0 Å². The van der Waals surface area contributed by atoms with Crippen molar-refractivity contribution in [1.29, 1.82) is 0 Å². The van der Waals surface area contributed by atoms with Gasteiger partial charge in [0.15, 0.2) is 0 Å². The number of aliphatic hydroxyl groups excluding tert-OH is 1. The van der Waals surface area contributed by atoms with E-state index in [0.717, 1.165) is 13.0 Å². The average Bonchev–Trinajstić information content (AvgIpc) is 2.24. The maximum absolute atomic E-state index is 9.11. The van der Waals surface area contributed by atoms with Crippen LogP contribution in [0.25, 0.3) is 0 Å². The first-order chi connectivity index (χ1) is 6.81. The molecule has 1 aromatic rings. The van der Waals surface area contributed by atoms with Crippen LogP contribution in [-0.2, 0) is 6.54 Å². The molecule has 1 fully saturated rings. The van der Waals surface area contributed by atoms with Crippen LogP contribution in [0.4, 0.5) is 0 Å². The molecule has 0 amide bonds. The maximum Gasteiger partial charge on any atom is 0.0587 e. The van der Waals surface area contributed by atoms with Gasteiger partial charge < -0.3 is 5.11 Å². The molecule has 2 nitrogen and oxygen atoms in total. The Hall–Kier alpha value is -0.860. The normalized spacial score (nSPS) is 27.3. The molecule has 2 heteroatoms. The van der Waals surface area contributed by atoms with E-state index in [1.54, 1.807) is 0 Å². The standard InChI is InChI=1S/C12H17NO/c1-10-7-12(9-14)13(10)8-11-5-3-2-4-6-11/h2-6,10,12,14H,7-9H2,1H3/t10-,12-/m1/s1. The molecular formula is C12H17NO. The molecule has 1 N–H and O–H groups in total. The first kappa shape index (κ1) is 9.69. The van der Waals surface area contributed by atoms with E-state index in [1.165, 1.54) is 5.56 Å².